The van der Waals surface area contributed by atoms with Crippen molar-refractivity contribution < 1.29 is 9.53 Å². The lowest BCUT2D eigenvalue weighted by Crippen LogP contribution is -2.39. The lowest BCUT2D eigenvalue weighted by Gasteiger charge is -2.28. The number of fused-ring (bicyclic) bond motifs is 1. The van der Waals surface area contributed by atoms with Crippen molar-refractivity contribution in [1.29, 1.82) is 0 Å². The Morgan fingerprint density at radius 1 is 1.45 bits per heavy atom. The number of nitrogens with zero attached hydrogens (tertiary/aromatic N) is 2. The molecule has 0 bridgehead atoms. The highest BCUT2D eigenvalue weighted by atomic mass is 32.1. The van der Waals surface area contributed by atoms with Crippen LogP contribution in [-0.2, 0) is 17.6 Å². The molecule has 1 aliphatic heterocycles. The average Bonchev–Trinajstić information content (AvgIpc) is 2.96. The van der Waals surface area contributed by atoms with E-state index < -0.39 is 0 Å². The summed E-state index contributed by atoms with van der Waals surface area (Å²) in [6.45, 7) is 3.21. The van der Waals surface area contributed by atoms with Gasteiger partial charge in [0, 0.05) is 24.9 Å². The van der Waals surface area contributed by atoms with E-state index >= 15 is 0 Å². The van der Waals surface area contributed by atoms with E-state index in [4.69, 9.17) is 4.74 Å². The number of amides is 1. The van der Waals surface area contributed by atoms with Gasteiger partial charge in [-0.05, 0) is 25.0 Å². The lowest BCUT2D eigenvalue weighted by molar-refractivity contribution is -0.135. The number of hydrogen-bond acceptors (Lipinski definition) is 4. The number of para-hydroxylation sites is 1. The first-order valence-corrected chi connectivity index (χ1v) is 8.37. The van der Waals surface area contributed by atoms with Crippen LogP contribution in [0.3, 0.4) is 0 Å². The molecule has 5 heteroatoms. The van der Waals surface area contributed by atoms with Gasteiger partial charge in [-0.1, -0.05) is 18.2 Å². The summed E-state index contributed by atoms with van der Waals surface area (Å²) in [4.78, 5) is 19.9. The molecule has 1 aromatic carbocycles. The second-order valence-corrected chi connectivity index (χ2v) is 6.63. The highest BCUT2D eigenvalue weighted by molar-refractivity contribution is 7.09. The summed E-state index contributed by atoms with van der Waals surface area (Å²) in [5.74, 6) is 0.994. The van der Waals surface area contributed by atoms with Crippen LogP contribution in [0.25, 0.3) is 0 Å². The van der Waals surface area contributed by atoms with Gasteiger partial charge in [0.25, 0.3) is 0 Å². The number of ether oxygens (including phenoxy) is 1. The summed E-state index contributed by atoms with van der Waals surface area (Å²) in [7, 11) is 1.87. The first kappa shape index (κ1) is 15.0. The fourth-order valence-corrected chi connectivity index (χ4v) is 3.51. The van der Waals surface area contributed by atoms with Gasteiger partial charge >= 0.3 is 0 Å². The van der Waals surface area contributed by atoms with Crippen LogP contribution in [0.2, 0.25) is 0 Å². The summed E-state index contributed by atoms with van der Waals surface area (Å²) >= 11 is 1.66. The first-order valence-electron chi connectivity index (χ1n) is 7.50. The lowest BCUT2D eigenvalue weighted by atomic mass is 9.95. The van der Waals surface area contributed by atoms with E-state index in [0.29, 0.717) is 6.61 Å². The molecule has 3 rings (SSSR count). The monoisotopic (exact) mass is 316 g/mol. The van der Waals surface area contributed by atoms with Crippen molar-refractivity contribution in [1.82, 2.24) is 9.88 Å². The van der Waals surface area contributed by atoms with Crippen molar-refractivity contribution in [3.8, 4) is 5.75 Å². The van der Waals surface area contributed by atoms with Gasteiger partial charge in [0.2, 0.25) is 5.91 Å². The minimum Gasteiger partial charge on any atom is -0.492 e. The molecule has 0 spiro atoms. The van der Waals surface area contributed by atoms with Crippen molar-refractivity contribution in [2.24, 2.45) is 5.92 Å². The van der Waals surface area contributed by atoms with Gasteiger partial charge in [-0.2, -0.15) is 0 Å². The third-order valence-electron chi connectivity index (χ3n) is 4.12. The number of hydrogen-bond donors (Lipinski definition) is 0. The Balaban J connectivity index is 1.58. The molecule has 2 aromatic rings. The Morgan fingerprint density at radius 3 is 3.05 bits per heavy atom. The maximum Gasteiger partial charge on any atom is 0.229 e. The number of rotatable bonds is 4. The Morgan fingerprint density at radius 2 is 2.27 bits per heavy atom. The van der Waals surface area contributed by atoms with Crippen molar-refractivity contribution in [3.05, 3.63) is 45.9 Å². The minimum absolute atomic E-state index is 0.0811. The molecule has 0 saturated carbocycles. The molecule has 4 nitrogen and oxygen atoms in total. The van der Waals surface area contributed by atoms with E-state index in [0.717, 1.165) is 36.4 Å². The Hall–Kier alpha value is -1.88. The van der Waals surface area contributed by atoms with Crippen LogP contribution in [-0.4, -0.2) is 36.0 Å². The van der Waals surface area contributed by atoms with Crippen molar-refractivity contribution in [2.75, 3.05) is 20.2 Å². The zero-order valence-corrected chi connectivity index (χ0v) is 13.7. The van der Waals surface area contributed by atoms with Gasteiger partial charge in [-0.15, -0.1) is 11.3 Å². The zero-order valence-electron chi connectivity index (χ0n) is 12.9. The summed E-state index contributed by atoms with van der Waals surface area (Å²) < 4.78 is 5.72. The minimum atomic E-state index is -0.0811. The highest BCUT2D eigenvalue weighted by Crippen LogP contribution is 2.27. The number of carbonyl (C=O) groups excluding carboxylic acids is 1. The number of carbonyl (C=O) groups is 1. The molecule has 0 N–H and O–H groups in total. The molecule has 1 atom stereocenters. The highest BCUT2D eigenvalue weighted by Gasteiger charge is 2.27. The predicted molar refractivity (Wildman–Crippen MR) is 87.3 cm³/mol. The third-order valence-corrected chi connectivity index (χ3v) is 5.12. The van der Waals surface area contributed by atoms with Crippen LogP contribution < -0.4 is 4.74 Å². The van der Waals surface area contributed by atoms with E-state index in [-0.39, 0.29) is 11.8 Å². The van der Waals surface area contributed by atoms with Gasteiger partial charge in [-0.25, -0.2) is 4.98 Å². The molecule has 1 unspecified atom stereocenters. The summed E-state index contributed by atoms with van der Waals surface area (Å²) in [6, 6.07) is 7.96. The molecule has 1 amide bonds. The Labute approximate surface area is 134 Å². The zero-order chi connectivity index (χ0) is 15.5. The number of aromatic nitrogens is 1. The molecule has 0 radical (unpaired) electrons. The van der Waals surface area contributed by atoms with Crippen LogP contribution in [0, 0.1) is 12.8 Å². The largest absolute Gasteiger partial charge is 0.492 e. The van der Waals surface area contributed by atoms with Crippen molar-refractivity contribution >= 4 is 17.2 Å². The molecule has 2 heterocycles. The fraction of sp³-hybridized carbons (Fsp3) is 0.412. The molecule has 0 saturated heterocycles. The van der Waals surface area contributed by atoms with Gasteiger partial charge in [0.1, 0.15) is 12.4 Å². The quantitative estimate of drug-likeness (QED) is 0.871. The van der Waals surface area contributed by atoms with Crippen LogP contribution >= 0.6 is 11.3 Å². The number of benzene rings is 1. The van der Waals surface area contributed by atoms with E-state index in [1.165, 1.54) is 4.88 Å². The fourth-order valence-electron chi connectivity index (χ4n) is 2.74. The molecule has 0 fully saturated rings. The average molecular weight is 316 g/mol. The van der Waals surface area contributed by atoms with Gasteiger partial charge in [0.05, 0.1) is 17.1 Å². The van der Waals surface area contributed by atoms with E-state index in [1.807, 2.05) is 48.6 Å². The van der Waals surface area contributed by atoms with Crippen molar-refractivity contribution in [3.63, 3.8) is 0 Å². The van der Waals surface area contributed by atoms with Crippen LogP contribution in [0.1, 0.15) is 16.1 Å². The van der Waals surface area contributed by atoms with Crippen LogP contribution in [0.15, 0.2) is 29.8 Å². The van der Waals surface area contributed by atoms with Gasteiger partial charge in [-0.3, -0.25) is 4.79 Å². The van der Waals surface area contributed by atoms with Crippen LogP contribution in [0.4, 0.5) is 0 Å². The Bertz CT molecular complexity index is 668. The van der Waals surface area contributed by atoms with Gasteiger partial charge in [0.15, 0.2) is 0 Å². The normalized spacial score (nSPS) is 16.7. The molecule has 0 aliphatic carbocycles. The van der Waals surface area contributed by atoms with Crippen LogP contribution in [0.5, 0.6) is 5.75 Å². The van der Waals surface area contributed by atoms with E-state index in [1.54, 1.807) is 11.3 Å². The third kappa shape index (κ3) is 3.14. The van der Waals surface area contributed by atoms with Crippen molar-refractivity contribution in [2.45, 2.75) is 19.8 Å². The number of aryl methyl sites for hydroxylation is 1. The Kier molecular flexibility index (Phi) is 4.43. The van der Waals surface area contributed by atoms with E-state index in [2.05, 4.69) is 4.98 Å². The smallest absolute Gasteiger partial charge is 0.229 e. The maximum absolute atomic E-state index is 12.6. The summed E-state index contributed by atoms with van der Waals surface area (Å²) in [6.07, 6.45) is 1.63. The summed E-state index contributed by atoms with van der Waals surface area (Å²) in [5, 5.41) is 0. The number of thiazole rings is 1. The first-order chi connectivity index (χ1) is 10.6. The standard InChI is InChI=1S/C17H20N2O2S/c1-12-16(22-11-18-12)7-8-19(2)17(20)14-9-13-5-3-4-6-15(13)21-10-14/h3-6,11,14H,7-10H2,1-2H3. The maximum atomic E-state index is 12.6. The second-order valence-electron chi connectivity index (χ2n) is 5.69. The molecule has 1 aromatic heterocycles. The second kappa shape index (κ2) is 6.48. The predicted octanol–water partition coefficient (Wildman–Crippen LogP) is 2.70. The molecule has 22 heavy (non-hydrogen) atoms. The SMILES string of the molecule is Cc1ncsc1CCN(C)C(=O)C1COc2ccccc2C1. The summed E-state index contributed by atoms with van der Waals surface area (Å²) in [5.41, 5.74) is 4.05. The van der Waals surface area contributed by atoms with E-state index in [9.17, 15) is 4.79 Å². The molecular weight excluding hydrogens is 296 g/mol. The molecule has 1 aliphatic rings. The van der Waals surface area contributed by atoms with Gasteiger partial charge < -0.3 is 9.64 Å². The molecular formula is C17H20N2O2S. The molecule has 116 valence electrons. The number of likely N-dealkylation sites (N-methyl/N-ethyl adjacent to an activating group) is 1. The topological polar surface area (TPSA) is 42.4 Å².